The molecular weight excluding hydrogens is 392 g/mol. The Balaban J connectivity index is 1.72. The molecule has 1 saturated heterocycles. The topological polar surface area (TPSA) is 96.7 Å². The molecule has 2 aromatic rings. The molecule has 2 aromatic carbocycles. The van der Waals surface area contributed by atoms with Gasteiger partial charge >= 0.3 is 5.97 Å². The van der Waals surface area contributed by atoms with Gasteiger partial charge in [0, 0.05) is 55.4 Å². The van der Waals surface area contributed by atoms with Crippen LogP contribution in [0.3, 0.4) is 0 Å². The zero-order chi connectivity index (χ0) is 20.8. The second-order valence-electron chi connectivity index (χ2n) is 6.73. The number of benzene rings is 2. The number of aromatic carboxylic acids is 1. The number of hydrogen-bond donors (Lipinski definition) is 2. The van der Waals surface area contributed by atoms with E-state index in [1.165, 1.54) is 6.07 Å². The summed E-state index contributed by atoms with van der Waals surface area (Å²) in [6.07, 6.45) is 0.488. The molecule has 1 fully saturated rings. The van der Waals surface area contributed by atoms with Crippen molar-refractivity contribution >= 4 is 34.9 Å². The van der Waals surface area contributed by atoms with Gasteiger partial charge in [-0.15, -0.1) is 0 Å². The van der Waals surface area contributed by atoms with Crippen molar-refractivity contribution in [3.8, 4) is 6.07 Å². The maximum atomic E-state index is 12.4. The smallest absolute Gasteiger partial charge is 0.337 e. The molecular formula is C21H21ClN4O3. The van der Waals surface area contributed by atoms with Gasteiger partial charge in [0.2, 0.25) is 0 Å². The lowest BCUT2D eigenvalue weighted by Crippen LogP contribution is -2.47. The second kappa shape index (κ2) is 9.41. The van der Waals surface area contributed by atoms with Gasteiger partial charge in [0.05, 0.1) is 17.3 Å². The van der Waals surface area contributed by atoms with Gasteiger partial charge in [-0.25, -0.2) is 4.79 Å². The van der Waals surface area contributed by atoms with Crippen molar-refractivity contribution in [1.29, 1.82) is 5.26 Å². The first kappa shape index (κ1) is 20.6. The van der Waals surface area contributed by atoms with Gasteiger partial charge in [0.15, 0.2) is 0 Å². The normalized spacial score (nSPS) is 14.3. The van der Waals surface area contributed by atoms with E-state index >= 15 is 0 Å². The first-order chi connectivity index (χ1) is 14.0. The Bertz CT molecular complexity index is 932. The second-order valence-corrected chi connectivity index (χ2v) is 7.17. The van der Waals surface area contributed by atoms with E-state index in [0.717, 1.165) is 19.6 Å². The third-order valence-corrected chi connectivity index (χ3v) is 5.10. The van der Waals surface area contributed by atoms with Crippen LogP contribution < -0.4 is 10.2 Å². The van der Waals surface area contributed by atoms with Gasteiger partial charge in [-0.2, -0.15) is 5.26 Å². The Hall–Kier alpha value is -3.08. The molecule has 0 unspecified atom stereocenters. The average Bonchev–Trinajstić information content (AvgIpc) is 2.73. The number of nitrogens with zero attached hydrogens (tertiary/aromatic N) is 3. The zero-order valence-corrected chi connectivity index (χ0v) is 16.5. The van der Waals surface area contributed by atoms with E-state index in [9.17, 15) is 14.7 Å². The number of carbonyl (C=O) groups excluding carboxylic acids is 1. The number of carboxylic acid groups (broad SMARTS) is 1. The molecule has 2 N–H and O–H groups in total. The number of piperazine rings is 1. The van der Waals surface area contributed by atoms with E-state index in [0.29, 0.717) is 41.5 Å². The number of amides is 1. The molecule has 1 amide bonds. The average molecular weight is 413 g/mol. The number of halogens is 1. The van der Waals surface area contributed by atoms with Crippen molar-refractivity contribution in [1.82, 2.24) is 4.90 Å². The summed E-state index contributed by atoms with van der Waals surface area (Å²) in [6.45, 7) is 3.64. The fourth-order valence-corrected chi connectivity index (χ4v) is 3.41. The minimum absolute atomic E-state index is 0.143. The fraction of sp³-hybridized carbons (Fsp3) is 0.286. The number of nitriles is 1. The fourth-order valence-electron chi connectivity index (χ4n) is 3.29. The van der Waals surface area contributed by atoms with Crippen LogP contribution >= 0.6 is 11.6 Å². The Morgan fingerprint density at radius 1 is 1.10 bits per heavy atom. The van der Waals surface area contributed by atoms with Crippen molar-refractivity contribution in [3.05, 3.63) is 58.6 Å². The molecule has 3 rings (SSSR count). The number of carbonyl (C=O) groups is 2. The van der Waals surface area contributed by atoms with Crippen molar-refractivity contribution < 1.29 is 14.7 Å². The highest BCUT2D eigenvalue weighted by Gasteiger charge is 2.22. The molecule has 8 heteroatoms. The number of hydrogen-bond acceptors (Lipinski definition) is 5. The summed E-state index contributed by atoms with van der Waals surface area (Å²) >= 11 is 5.84. The summed E-state index contributed by atoms with van der Waals surface area (Å²) in [6, 6.07) is 13.5. The number of rotatable bonds is 6. The number of carboxylic acids is 1. The summed E-state index contributed by atoms with van der Waals surface area (Å²) in [5.41, 5.74) is 1.62. The molecule has 0 radical (unpaired) electrons. The van der Waals surface area contributed by atoms with Gasteiger partial charge in [0.1, 0.15) is 0 Å². The van der Waals surface area contributed by atoms with E-state index in [1.807, 2.05) is 4.90 Å². The van der Waals surface area contributed by atoms with Crippen LogP contribution in [-0.2, 0) is 0 Å². The van der Waals surface area contributed by atoms with Gasteiger partial charge in [-0.05, 0) is 42.5 Å². The van der Waals surface area contributed by atoms with Crippen LogP contribution in [0.2, 0.25) is 5.02 Å². The van der Waals surface area contributed by atoms with Crippen LogP contribution in [-0.4, -0.2) is 54.6 Å². The molecule has 0 spiro atoms. The predicted octanol–water partition coefficient (Wildman–Crippen LogP) is 3.33. The standard InChI is InChI=1S/C21H21ClN4O3/c22-16-4-2-15(3-5-16)20(27)24-17-6-7-19(18(14-17)21(28)29)26-12-10-25(11-13-26)9-1-8-23/h2-7,14H,1,9-13H2,(H,24,27)(H,28,29). The van der Waals surface area contributed by atoms with Crippen molar-refractivity contribution in [2.45, 2.75) is 6.42 Å². The van der Waals surface area contributed by atoms with Crippen molar-refractivity contribution in [3.63, 3.8) is 0 Å². The summed E-state index contributed by atoms with van der Waals surface area (Å²) in [5.74, 6) is -1.38. The molecule has 0 aliphatic carbocycles. The summed E-state index contributed by atoms with van der Waals surface area (Å²) < 4.78 is 0. The lowest BCUT2D eigenvalue weighted by atomic mass is 10.1. The molecule has 1 aliphatic heterocycles. The lowest BCUT2D eigenvalue weighted by molar-refractivity contribution is 0.0697. The summed E-state index contributed by atoms with van der Waals surface area (Å²) in [5, 5.41) is 21.6. The van der Waals surface area contributed by atoms with E-state index in [1.54, 1.807) is 36.4 Å². The monoisotopic (exact) mass is 412 g/mol. The van der Waals surface area contributed by atoms with Crippen LogP contribution in [0.15, 0.2) is 42.5 Å². The number of nitrogens with one attached hydrogen (secondary N) is 1. The molecule has 29 heavy (non-hydrogen) atoms. The molecule has 1 aliphatic rings. The predicted molar refractivity (Wildman–Crippen MR) is 112 cm³/mol. The number of anilines is 2. The minimum Gasteiger partial charge on any atom is -0.478 e. The van der Waals surface area contributed by atoms with E-state index in [-0.39, 0.29) is 11.5 Å². The molecule has 7 nitrogen and oxygen atoms in total. The quantitative estimate of drug-likeness (QED) is 0.755. The molecule has 0 bridgehead atoms. The Morgan fingerprint density at radius 2 is 1.79 bits per heavy atom. The van der Waals surface area contributed by atoms with Gasteiger partial charge in [0.25, 0.3) is 5.91 Å². The molecule has 0 aromatic heterocycles. The van der Waals surface area contributed by atoms with E-state index in [4.69, 9.17) is 16.9 Å². The summed E-state index contributed by atoms with van der Waals surface area (Å²) in [7, 11) is 0. The SMILES string of the molecule is N#CCCN1CCN(c2ccc(NC(=O)c3ccc(Cl)cc3)cc2C(=O)O)CC1. The van der Waals surface area contributed by atoms with Crippen molar-refractivity contribution in [2.75, 3.05) is 42.9 Å². The van der Waals surface area contributed by atoms with Crippen LogP contribution in [0.1, 0.15) is 27.1 Å². The Labute approximate surface area is 174 Å². The molecule has 0 saturated carbocycles. The van der Waals surface area contributed by atoms with Crippen molar-refractivity contribution in [2.24, 2.45) is 0 Å². The van der Waals surface area contributed by atoms with Gasteiger partial charge in [-0.3, -0.25) is 9.69 Å². The maximum absolute atomic E-state index is 12.4. The van der Waals surface area contributed by atoms with Gasteiger partial charge < -0.3 is 15.3 Å². The molecule has 1 heterocycles. The van der Waals surface area contributed by atoms with Crippen LogP contribution in [0, 0.1) is 11.3 Å². The van der Waals surface area contributed by atoms with Crippen LogP contribution in [0.4, 0.5) is 11.4 Å². The van der Waals surface area contributed by atoms with Crippen LogP contribution in [0.5, 0.6) is 0 Å². The van der Waals surface area contributed by atoms with E-state index < -0.39 is 5.97 Å². The zero-order valence-electron chi connectivity index (χ0n) is 15.8. The van der Waals surface area contributed by atoms with Gasteiger partial charge in [-0.1, -0.05) is 11.6 Å². The maximum Gasteiger partial charge on any atom is 0.337 e. The first-order valence-electron chi connectivity index (χ1n) is 9.26. The third kappa shape index (κ3) is 5.25. The third-order valence-electron chi connectivity index (χ3n) is 4.84. The highest BCUT2D eigenvalue weighted by molar-refractivity contribution is 6.30. The largest absolute Gasteiger partial charge is 0.478 e. The highest BCUT2D eigenvalue weighted by atomic mass is 35.5. The summed E-state index contributed by atoms with van der Waals surface area (Å²) in [4.78, 5) is 28.4. The Kier molecular flexibility index (Phi) is 6.70. The molecule has 0 atom stereocenters. The Morgan fingerprint density at radius 3 is 2.41 bits per heavy atom. The lowest BCUT2D eigenvalue weighted by Gasteiger charge is -2.36. The highest BCUT2D eigenvalue weighted by Crippen LogP contribution is 2.26. The minimum atomic E-state index is -1.05. The van der Waals surface area contributed by atoms with E-state index in [2.05, 4.69) is 16.3 Å². The first-order valence-corrected chi connectivity index (χ1v) is 9.64. The molecule has 150 valence electrons. The van der Waals surface area contributed by atoms with Crippen LogP contribution in [0.25, 0.3) is 0 Å².